The largest absolute Gasteiger partial charge is 0.452 e. The van der Waals surface area contributed by atoms with Crippen LogP contribution in [0.2, 0.25) is 0 Å². The lowest BCUT2D eigenvalue weighted by molar-refractivity contribution is -0.134. The molecule has 1 heterocycles. The maximum Gasteiger partial charge on any atom is 0.338 e. The molecule has 0 radical (unpaired) electrons. The molecular weight excluding hydrogens is 432 g/mol. The van der Waals surface area contributed by atoms with Gasteiger partial charge in [-0.25, -0.2) is 17.9 Å². The van der Waals surface area contributed by atoms with E-state index in [2.05, 4.69) is 4.72 Å². The number of nitrogens with one attached hydrogen (secondary N) is 1. The van der Waals surface area contributed by atoms with E-state index >= 15 is 0 Å². The number of carbonyl (C=O) groups is 2. The van der Waals surface area contributed by atoms with E-state index in [0.717, 1.165) is 18.4 Å². The monoisotopic (exact) mass is 460 g/mol. The van der Waals surface area contributed by atoms with Crippen LogP contribution in [0.25, 0.3) is 0 Å². The first-order chi connectivity index (χ1) is 15.4. The molecule has 0 saturated carbocycles. The lowest BCUT2D eigenvalue weighted by Gasteiger charge is -2.20. The highest BCUT2D eigenvalue weighted by Gasteiger charge is 2.21. The van der Waals surface area contributed by atoms with Crippen LogP contribution >= 0.6 is 0 Å². The van der Waals surface area contributed by atoms with Crippen molar-refractivity contribution in [2.45, 2.75) is 37.3 Å². The predicted molar refractivity (Wildman–Crippen MR) is 118 cm³/mol. The van der Waals surface area contributed by atoms with Gasteiger partial charge in [0.2, 0.25) is 10.0 Å². The van der Waals surface area contributed by atoms with Gasteiger partial charge in [0, 0.05) is 26.2 Å². The van der Waals surface area contributed by atoms with E-state index in [4.69, 9.17) is 9.47 Å². The third-order valence-electron chi connectivity index (χ3n) is 5.20. The summed E-state index contributed by atoms with van der Waals surface area (Å²) in [5.74, 6) is -0.993. The third kappa shape index (κ3) is 6.62. The number of ether oxygens (including phenoxy) is 2. The molecule has 0 bridgehead atoms. The summed E-state index contributed by atoms with van der Waals surface area (Å²) in [6, 6.07) is 15.0. The maximum atomic E-state index is 12.4. The van der Waals surface area contributed by atoms with Crippen LogP contribution < -0.4 is 4.72 Å². The molecule has 0 aromatic heterocycles. The number of likely N-dealkylation sites (N-methyl/N-ethyl adjacent to an activating group) is 1. The highest BCUT2D eigenvalue weighted by Crippen LogP contribution is 2.14. The summed E-state index contributed by atoms with van der Waals surface area (Å²) in [6.45, 7) is 3.24. The molecule has 1 aliphatic rings. The molecule has 1 aliphatic heterocycles. The zero-order valence-corrected chi connectivity index (χ0v) is 18.8. The van der Waals surface area contributed by atoms with Crippen molar-refractivity contribution in [3.05, 3.63) is 65.7 Å². The van der Waals surface area contributed by atoms with Crippen LogP contribution in [0.3, 0.4) is 0 Å². The average Bonchev–Trinajstić information content (AvgIpc) is 3.34. The minimum atomic E-state index is -3.70. The maximum absolute atomic E-state index is 12.4. The van der Waals surface area contributed by atoms with Crippen molar-refractivity contribution in [3.63, 3.8) is 0 Å². The first kappa shape index (κ1) is 23.9. The molecule has 0 aliphatic carbocycles. The Balaban J connectivity index is 1.51. The van der Waals surface area contributed by atoms with Crippen LogP contribution in [0, 0.1) is 0 Å². The average molecular weight is 461 g/mol. The number of hydrogen-bond acceptors (Lipinski definition) is 6. The number of hydrogen-bond donors (Lipinski definition) is 1. The SMILES string of the molecule is CCN(Cc1ccccc1)C(=O)COC(=O)c1ccc(S(=O)(=O)NCC2CCCO2)cc1. The minimum absolute atomic E-state index is 0.0446. The van der Waals surface area contributed by atoms with Crippen LogP contribution in [0.5, 0.6) is 0 Å². The van der Waals surface area contributed by atoms with E-state index < -0.39 is 16.0 Å². The van der Waals surface area contributed by atoms with Gasteiger partial charge in [-0.3, -0.25) is 4.79 Å². The second-order valence-corrected chi connectivity index (χ2v) is 9.25. The smallest absolute Gasteiger partial charge is 0.338 e. The summed E-state index contributed by atoms with van der Waals surface area (Å²) in [7, 11) is -3.70. The van der Waals surface area contributed by atoms with Gasteiger partial charge in [0.25, 0.3) is 5.91 Å². The van der Waals surface area contributed by atoms with Crippen LogP contribution in [0.4, 0.5) is 0 Å². The van der Waals surface area contributed by atoms with Crippen LogP contribution in [0.1, 0.15) is 35.7 Å². The minimum Gasteiger partial charge on any atom is -0.452 e. The molecule has 1 unspecified atom stereocenters. The molecule has 2 aromatic carbocycles. The molecule has 0 spiro atoms. The van der Waals surface area contributed by atoms with Gasteiger partial charge in [0.1, 0.15) is 0 Å². The molecule has 1 N–H and O–H groups in total. The normalized spacial score (nSPS) is 16.0. The van der Waals surface area contributed by atoms with Crippen molar-refractivity contribution >= 4 is 21.9 Å². The fourth-order valence-corrected chi connectivity index (χ4v) is 4.41. The summed E-state index contributed by atoms with van der Waals surface area (Å²) in [5, 5.41) is 0. The van der Waals surface area contributed by atoms with Crippen molar-refractivity contribution in [2.75, 3.05) is 26.3 Å². The second kappa shape index (κ2) is 11.2. The molecule has 9 heteroatoms. The predicted octanol–water partition coefficient (Wildman–Crippen LogP) is 2.35. The zero-order chi connectivity index (χ0) is 23.0. The topological polar surface area (TPSA) is 102 Å². The Bertz CT molecular complexity index is 1000. The molecule has 1 saturated heterocycles. The van der Waals surface area contributed by atoms with E-state index in [9.17, 15) is 18.0 Å². The Morgan fingerprint density at radius 3 is 2.47 bits per heavy atom. The molecule has 1 amide bonds. The number of benzene rings is 2. The molecule has 172 valence electrons. The number of amides is 1. The highest BCUT2D eigenvalue weighted by molar-refractivity contribution is 7.89. The van der Waals surface area contributed by atoms with E-state index in [1.54, 1.807) is 4.90 Å². The van der Waals surface area contributed by atoms with Crippen LogP contribution in [-0.4, -0.2) is 57.6 Å². The molecule has 3 rings (SSSR count). The van der Waals surface area contributed by atoms with Crippen LogP contribution in [0.15, 0.2) is 59.5 Å². The summed E-state index contributed by atoms with van der Waals surface area (Å²) in [6.07, 6.45) is 1.64. The van der Waals surface area contributed by atoms with Gasteiger partial charge in [0.15, 0.2) is 6.61 Å². The van der Waals surface area contributed by atoms with Crippen molar-refractivity contribution in [3.8, 4) is 0 Å². The Morgan fingerprint density at radius 2 is 1.84 bits per heavy atom. The molecular formula is C23H28N2O6S. The number of carbonyl (C=O) groups excluding carboxylic acids is 2. The van der Waals surface area contributed by atoms with Gasteiger partial charge in [-0.1, -0.05) is 30.3 Å². The molecule has 32 heavy (non-hydrogen) atoms. The van der Waals surface area contributed by atoms with Gasteiger partial charge in [-0.05, 0) is 49.6 Å². The fourth-order valence-electron chi connectivity index (χ4n) is 3.34. The third-order valence-corrected chi connectivity index (χ3v) is 6.64. The second-order valence-electron chi connectivity index (χ2n) is 7.48. The highest BCUT2D eigenvalue weighted by atomic mass is 32.2. The quantitative estimate of drug-likeness (QED) is 0.546. The van der Waals surface area contributed by atoms with Crippen LogP contribution in [-0.2, 0) is 30.8 Å². The van der Waals surface area contributed by atoms with Crippen molar-refractivity contribution in [1.29, 1.82) is 0 Å². The zero-order valence-electron chi connectivity index (χ0n) is 18.0. The number of esters is 1. The Hall–Kier alpha value is -2.75. The molecule has 1 fully saturated rings. The standard InChI is InChI=1S/C23H28N2O6S/c1-2-25(16-18-7-4-3-5-8-18)22(26)17-31-23(27)19-10-12-21(13-11-19)32(28,29)24-15-20-9-6-14-30-20/h3-5,7-8,10-13,20,24H,2,6,9,14-17H2,1H3. The Labute approximate surface area is 188 Å². The number of sulfonamides is 1. The van der Waals surface area contributed by atoms with Gasteiger partial charge in [-0.2, -0.15) is 0 Å². The number of nitrogens with zero attached hydrogens (tertiary/aromatic N) is 1. The van der Waals surface area contributed by atoms with Crippen molar-refractivity contribution < 1.29 is 27.5 Å². The first-order valence-electron chi connectivity index (χ1n) is 10.6. The first-order valence-corrected chi connectivity index (χ1v) is 12.1. The lowest BCUT2D eigenvalue weighted by Crippen LogP contribution is -2.34. The summed E-state index contributed by atoms with van der Waals surface area (Å²) in [4.78, 5) is 26.4. The van der Waals surface area contributed by atoms with Gasteiger partial charge in [0.05, 0.1) is 16.6 Å². The Kier molecular flexibility index (Phi) is 8.38. The van der Waals surface area contributed by atoms with E-state index in [0.29, 0.717) is 19.7 Å². The summed E-state index contributed by atoms with van der Waals surface area (Å²) >= 11 is 0. The Morgan fingerprint density at radius 1 is 1.12 bits per heavy atom. The van der Waals surface area contributed by atoms with E-state index in [-0.39, 0.29) is 35.6 Å². The van der Waals surface area contributed by atoms with E-state index in [1.807, 2.05) is 37.3 Å². The summed E-state index contributed by atoms with van der Waals surface area (Å²) < 4.78 is 37.9. The van der Waals surface area contributed by atoms with Gasteiger partial charge >= 0.3 is 5.97 Å². The van der Waals surface area contributed by atoms with Gasteiger partial charge < -0.3 is 14.4 Å². The van der Waals surface area contributed by atoms with E-state index in [1.165, 1.54) is 24.3 Å². The molecule has 2 aromatic rings. The molecule has 8 nitrogen and oxygen atoms in total. The lowest BCUT2D eigenvalue weighted by atomic mass is 10.2. The molecule has 1 atom stereocenters. The van der Waals surface area contributed by atoms with Crippen molar-refractivity contribution in [2.24, 2.45) is 0 Å². The van der Waals surface area contributed by atoms with Gasteiger partial charge in [-0.15, -0.1) is 0 Å². The van der Waals surface area contributed by atoms with Crippen molar-refractivity contribution in [1.82, 2.24) is 9.62 Å². The number of rotatable bonds is 10. The fraction of sp³-hybridized carbons (Fsp3) is 0.391. The summed E-state index contributed by atoms with van der Waals surface area (Å²) in [5.41, 5.74) is 1.15.